The third kappa shape index (κ3) is 4.40. The lowest BCUT2D eigenvalue weighted by Crippen LogP contribution is -2.45. The van der Waals surface area contributed by atoms with Crippen molar-refractivity contribution in [3.8, 4) is 0 Å². The number of carbonyl (C=O) groups excluding carboxylic acids is 1. The van der Waals surface area contributed by atoms with Crippen molar-refractivity contribution in [3.63, 3.8) is 0 Å². The third-order valence-corrected chi connectivity index (χ3v) is 7.18. The van der Waals surface area contributed by atoms with Gasteiger partial charge in [0.25, 0.3) is 5.91 Å². The highest BCUT2D eigenvalue weighted by Gasteiger charge is 2.32. The van der Waals surface area contributed by atoms with Crippen LogP contribution in [-0.2, 0) is 0 Å². The average molecular weight is 484 g/mol. The standard InChI is InChI=1S/C23H30ClN9O/c1-30(2)17-6-10-32(14-17)16-4-8-31(9-5-16)19-3-7-26-12-18(19)28-23(34)20-21(25)29-33-13-15(24)11-27-22(20)33/h3,7,11-13,16-17H,4-6,8-10,14H2,1-2H3,(H2,25,29)(H,28,34). The number of anilines is 3. The first-order valence-electron chi connectivity index (χ1n) is 11.6. The SMILES string of the molecule is CN(C)C1CCN(C2CCN(c3ccncc3NC(=O)c3c(N)nn4cc(Cl)cnc34)CC2)C1. The summed E-state index contributed by atoms with van der Waals surface area (Å²) in [6.07, 6.45) is 9.90. The number of nitrogens with one attached hydrogen (secondary N) is 1. The first kappa shape index (κ1) is 22.8. The Balaban J connectivity index is 1.29. The zero-order valence-corrected chi connectivity index (χ0v) is 20.2. The van der Waals surface area contributed by atoms with Gasteiger partial charge >= 0.3 is 0 Å². The van der Waals surface area contributed by atoms with Gasteiger partial charge in [-0.05, 0) is 39.4 Å². The Morgan fingerprint density at radius 3 is 2.74 bits per heavy atom. The van der Waals surface area contributed by atoms with Gasteiger partial charge in [-0.2, -0.15) is 0 Å². The minimum absolute atomic E-state index is 0.0974. The van der Waals surface area contributed by atoms with Crippen LogP contribution < -0.4 is 16.0 Å². The van der Waals surface area contributed by atoms with Crippen LogP contribution in [0.4, 0.5) is 17.2 Å². The van der Waals surface area contributed by atoms with Crippen LogP contribution >= 0.6 is 11.6 Å². The summed E-state index contributed by atoms with van der Waals surface area (Å²) in [6.45, 7) is 4.18. The van der Waals surface area contributed by atoms with Gasteiger partial charge in [0.1, 0.15) is 5.56 Å². The number of hydrogen-bond donors (Lipinski definition) is 2. The molecule has 0 radical (unpaired) electrons. The zero-order valence-electron chi connectivity index (χ0n) is 19.5. The van der Waals surface area contributed by atoms with E-state index in [-0.39, 0.29) is 17.3 Å². The van der Waals surface area contributed by atoms with E-state index in [0.717, 1.165) is 38.2 Å². The topological polar surface area (TPSA) is 108 Å². The van der Waals surface area contributed by atoms with Gasteiger partial charge in [0.2, 0.25) is 0 Å². The molecule has 0 spiro atoms. The number of fused-ring (bicyclic) bond motifs is 1. The Morgan fingerprint density at radius 1 is 1.21 bits per heavy atom. The molecule has 1 atom stereocenters. The number of carbonyl (C=O) groups is 1. The Hall–Kier alpha value is -2.95. The van der Waals surface area contributed by atoms with Crippen LogP contribution in [0.5, 0.6) is 0 Å². The summed E-state index contributed by atoms with van der Waals surface area (Å²) in [6, 6.07) is 3.21. The summed E-state index contributed by atoms with van der Waals surface area (Å²) in [5.41, 5.74) is 8.21. The summed E-state index contributed by atoms with van der Waals surface area (Å²) in [5, 5.41) is 7.55. The summed E-state index contributed by atoms with van der Waals surface area (Å²) in [7, 11) is 4.34. The maximum Gasteiger partial charge on any atom is 0.263 e. The summed E-state index contributed by atoms with van der Waals surface area (Å²) >= 11 is 5.99. The van der Waals surface area contributed by atoms with Crippen molar-refractivity contribution < 1.29 is 4.79 Å². The van der Waals surface area contributed by atoms with Crippen LogP contribution in [0.25, 0.3) is 5.65 Å². The van der Waals surface area contributed by atoms with Gasteiger partial charge < -0.3 is 20.9 Å². The van der Waals surface area contributed by atoms with Gasteiger partial charge in [-0.15, -0.1) is 5.10 Å². The van der Waals surface area contributed by atoms with E-state index >= 15 is 0 Å². The van der Waals surface area contributed by atoms with Crippen molar-refractivity contribution in [1.82, 2.24) is 29.4 Å². The van der Waals surface area contributed by atoms with Gasteiger partial charge in [0, 0.05) is 50.7 Å². The van der Waals surface area contributed by atoms with Crippen LogP contribution in [0.1, 0.15) is 29.6 Å². The molecular formula is C23H30ClN9O. The number of nitrogens with zero attached hydrogens (tertiary/aromatic N) is 7. The van der Waals surface area contributed by atoms with E-state index < -0.39 is 0 Å². The molecule has 3 aromatic rings. The number of hydrogen-bond acceptors (Lipinski definition) is 8. The number of rotatable bonds is 5. The number of nitrogen functional groups attached to an aromatic ring is 1. The molecule has 2 aliphatic rings. The fourth-order valence-electron chi connectivity index (χ4n) is 5.08. The molecule has 34 heavy (non-hydrogen) atoms. The molecule has 0 saturated carbocycles. The maximum atomic E-state index is 13.2. The largest absolute Gasteiger partial charge is 0.381 e. The third-order valence-electron chi connectivity index (χ3n) is 6.99. The predicted molar refractivity (Wildman–Crippen MR) is 133 cm³/mol. The second kappa shape index (κ2) is 9.36. The Morgan fingerprint density at radius 2 is 2.00 bits per heavy atom. The van der Waals surface area contributed by atoms with Crippen molar-refractivity contribution in [3.05, 3.63) is 41.4 Å². The second-order valence-electron chi connectivity index (χ2n) is 9.27. The van der Waals surface area contributed by atoms with E-state index in [1.807, 2.05) is 6.07 Å². The van der Waals surface area contributed by atoms with Crippen molar-refractivity contribution in [2.45, 2.75) is 31.3 Å². The van der Waals surface area contributed by atoms with Crippen molar-refractivity contribution in [2.75, 3.05) is 56.2 Å². The van der Waals surface area contributed by atoms with E-state index in [2.05, 4.69) is 49.2 Å². The number of aromatic nitrogens is 4. The number of amides is 1. The normalized spacial score (nSPS) is 19.9. The summed E-state index contributed by atoms with van der Waals surface area (Å²) < 4.78 is 1.42. The lowest BCUT2D eigenvalue weighted by atomic mass is 10.0. The zero-order chi connectivity index (χ0) is 23.8. The van der Waals surface area contributed by atoms with Gasteiger partial charge in [-0.1, -0.05) is 11.6 Å². The second-order valence-corrected chi connectivity index (χ2v) is 9.70. The minimum Gasteiger partial charge on any atom is -0.381 e. The Bertz CT molecular complexity index is 1190. The molecule has 1 unspecified atom stereocenters. The molecule has 5 heterocycles. The number of nitrogens with two attached hydrogens (primary N) is 1. The molecule has 10 nitrogen and oxygen atoms in total. The molecule has 2 fully saturated rings. The summed E-state index contributed by atoms with van der Waals surface area (Å²) in [4.78, 5) is 28.9. The van der Waals surface area contributed by atoms with Crippen LogP contribution in [0.2, 0.25) is 5.02 Å². The van der Waals surface area contributed by atoms with Crippen molar-refractivity contribution in [1.29, 1.82) is 0 Å². The number of likely N-dealkylation sites (N-methyl/N-ethyl adjacent to an activating group) is 1. The van der Waals surface area contributed by atoms with E-state index in [1.54, 1.807) is 18.6 Å². The van der Waals surface area contributed by atoms with Crippen molar-refractivity contribution >= 4 is 40.3 Å². The summed E-state index contributed by atoms with van der Waals surface area (Å²) in [5.74, 6) is -0.279. The van der Waals surface area contributed by atoms with Crippen LogP contribution in [0.15, 0.2) is 30.9 Å². The average Bonchev–Trinajstić information content (AvgIpc) is 3.44. The number of pyridine rings is 1. The lowest BCUT2D eigenvalue weighted by molar-refractivity contribution is 0.102. The Kier molecular flexibility index (Phi) is 6.28. The molecule has 3 N–H and O–H groups in total. The van der Waals surface area contributed by atoms with E-state index in [9.17, 15) is 4.79 Å². The van der Waals surface area contributed by atoms with Crippen LogP contribution in [0.3, 0.4) is 0 Å². The fraction of sp³-hybridized carbons (Fsp3) is 0.478. The molecule has 0 aromatic carbocycles. The quantitative estimate of drug-likeness (QED) is 0.568. The first-order chi connectivity index (χ1) is 16.4. The van der Waals surface area contributed by atoms with Gasteiger partial charge in [-0.3, -0.25) is 14.7 Å². The molecule has 2 aliphatic heterocycles. The van der Waals surface area contributed by atoms with E-state index in [4.69, 9.17) is 17.3 Å². The number of halogens is 1. The fourth-order valence-corrected chi connectivity index (χ4v) is 5.23. The highest BCUT2D eigenvalue weighted by atomic mass is 35.5. The lowest BCUT2D eigenvalue weighted by Gasteiger charge is -2.38. The molecular weight excluding hydrogens is 454 g/mol. The highest BCUT2D eigenvalue weighted by molar-refractivity contribution is 6.30. The molecule has 2 saturated heterocycles. The minimum atomic E-state index is -0.377. The molecule has 180 valence electrons. The Labute approximate surface area is 203 Å². The van der Waals surface area contributed by atoms with Crippen molar-refractivity contribution in [2.24, 2.45) is 0 Å². The maximum absolute atomic E-state index is 13.2. The highest BCUT2D eigenvalue weighted by Crippen LogP contribution is 2.31. The van der Waals surface area contributed by atoms with Gasteiger partial charge in [0.15, 0.2) is 11.5 Å². The molecule has 1 amide bonds. The predicted octanol–water partition coefficient (Wildman–Crippen LogP) is 2.22. The molecule has 0 bridgehead atoms. The molecule has 3 aromatic heterocycles. The van der Waals surface area contributed by atoms with Gasteiger partial charge in [0.05, 0.1) is 28.8 Å². The van der Waals surface area contributed by atoms with Crippen LogP contribution in [-0.4, -0.2) is 87.6 Å². The number of piperidine rings is 1. The van der Waals surface area contributed by atoms with Gasteiger partial charge in [-0.25, -0.2) is 9.50 Å². The molecule has 5 rings (SSSR count). The first-order valence-corrected chi connectivity index (χ1v) is 12.0. The monoisotopic (exact) mass is 483 g/mol. The molecule has 0 aliphatic carbocycles. The molecule has 11 heteroatoms. The number of likely N-dealkylation sites (tertiary alicyclic amines) is 1. The van der Waals surface area contributed by atoms with Crippen LogP contribution in [0, 0.1) is 0 Å². The van der Waals surface area contributed by atoms with E-state index in [0.29, 0.717) is 28.4 Å². The van der Waals surface area contributed by atoms with E-state index in [1.165, 1.54) is 23.7 Å². The smallest absolute Gasteiger partial charge is 0.263 e.